The average molecular weight is 508 g/mol. The molecule has 0 spiro atoms. The summed E-state index contributed by atoms with van der Waals surface area (Å²) < 4.78 is 35.6. The zero-order valence-corrected chi connectivity index (χ0v) is 20.3. The van der Waals surface area contributed by atoms with E-state index in [4.69, 9.17) is 14.3 Å². The molecule has 1 amide bonds. The van der Waals surface area contributed by atoms with E-state index in [0.717, 1.165) is 15.8 Å². The second kappa shape index (κ2) is 9.14. The van der Waals surface area contributed by atoms with Crippen LogP contribution in [0.15, 0.2) is 75.5 Å². The van der Waals surface area contributed by atoms with Crippen LogP contribution in [0, 0.1) is 6.92 Å². The Morgan fingerprint density at radius 3 is 2.71 bits per heavy atom. The number of fused-ring (bicyclic) bond motifs is 2. The van der Waals surface area contributed by atoms with Gasteiger partial charge in [-0.15, -0.1) is 11.3 Å². The molecule has 10 heteroatoms. The Morgan fingerprint density at radius 1 is 1.14 bits per heavy atom. The summed E-state index contributed by atoms with van der Waals surface area (Å²) in [4.78, 5) is 17.3. The highest BCUT2D eigenvalue weighted by atomic mass is 32.2. The fraction of sp³-hybridized carbons (Fsp3) is 0.120. The first-order chi connectivity index (χ1) is 16.8. The van der Waals surface area contributed by atoms with Crippen molar-refractivity contribution < 1.29 is 22.4 Å². The van der Waals surface area contributed by atoms with Gasteiger partial charge in [-0.25, -0.2) is 13.6 Å². The Bertz CT molecular complexity index is 1650. The quantitative estimate of drug-likeness (QED) is 0.327. The number of carbonyl (C=O) groups is 1. The summed E-state index contributed by atoms with van der Waals surface area (Å²) in [5, 5.41) is 10.7. The third-order valence-electron chi connectivity index (χ3n) is 5.55. The molecule has 0 aliphatic heterocycles. The van der Waals surface area contributed by atoms with Crippen molar-refractivity contribution in [2.24, 2.45) is 5.14 Å². The van der Waals surface area contributed by atoms with E-state index in [1.165, 1.54) is 12.1 Å². The van der Waals surface area contributed by atoms with Gasteiger partial charge in [0.2, 0.25) is 10.0 Å². The SMILES string of the molecule is Cc1oc2cc(Oc3ccnc4ccsc34)ccc2c1C(=O)NCCc1ccc(S(N)(=O)=O)cc1. The number of ether oxygens (including phenoxy) is 1. The van der Waals surface area contributed by atoms with Crippen LogP contribution >= 0.6 is 11.3 Å². The van der Waals surface area contributed by atoms with Gasteiger partial charge in [-0.1, -0.05) is 12.1 Å². The topological polar surface area (TPSA) is 125 Å². The molecule has 5 aromatic rings. The molecule has 0 atom stereocenters. The van der Waals surface area contributed by atoms with Crippen molar-refractivity contribution in [3.63, 3.8) is 0 Å². The predicted octanol–water partition coefficient (Wildman–Crippen LogP) is 4.76. The normalized spacial score (nSPS) is 11.7. The van der Waals surface area contributed by atoms with Gasteiger partial charge in [0, 0.05) is 30.3 Å². The molecule has 0 radical (unpaired) electrons. The van der Waals surface area contributed by atoms with Crippen LogP contribution in [0.4, 0.5) is 0 Å². The first-order valence-corrected chi connectivity index (χ1v) is 13.2. The van der Waals surface area contributed by atoms with Crippen LogP contribution in [0.5, 0.6) is 11.5 Å². The Labute approximate surface area is 205 Å². The summed E-state index contributed by atoms with van der Waals surface area (Å²) in [6.07, 6.45) is 2.24. The monoisotopic (exact) mass is 507 g/mol. The minimum absolute atomic E-state index is 0.0536. The molecule has 0 unspecified atom stereocenters. The molecule has 0 saturated heterocycles. The fourth-order valence-corrected chi connectivity index (χ4v) is 5.17. The number of amides is 1. The number of aromatic nitrogens is 1. The fourth-order valence-electron chi connectivity index (χ4n) is 3.86. The van der Waals surface area contributed by atoms with E-state index in [0.29, 0.717) is 46.8 Å². The average Bonchev–Trinajstić information content (AvgIpc) is 3.43. The molecule has 2 aromatic carbocycles. The van der Waals surface area contributed by atoms with Gasteiger partial charge in [0.05, 0.1) is 20.7 Å². The maximum Gasteiger partial charge on any atom is 0.255 e. The molecule has 3 heterocycles. The first kappa shape index (κ1) is 23.0. The van der Waals surface area contributed by atoms with Gasteiger partial charge >= 0.3 is 0 Å². The number of nitrogens with one attached hydrogen (secondary N) is 1. The number of primary sulfonamides is 1. The van der Waals surface area contributed by atoms with Crippen molar-refractivity contribution in [3.8, 4) is 11.5 Å². The second-order valence-electron chi connectivity index (χ2n) is 7.93. The number of aryl methyl sites for hydroxylation is 1. The Kier molecular flexibility index (Phi) is 6.01. The lowest BCUT2D eigenvalue weighted by atomic mass is 10.1. The lowest BCUT2D eigenvalue weighted by molar-refractivity contribution is 0.0954. The molecule has 0 aliphatic rings. The van der Waals surface area contributed by atoms with Gasteiger partial charge < -0.3 is 14.5 Å². The predicted molar refractivity (Wildman–Crippen MR) is 134 cm³/mol. The van der Waals surface area contributed by atoms with E-state index in [2.05, 4.69) is 10.3 Å². The van der Waals surface area contributed by atoms with Crippen molar-refractivity contribution in [1.82, 2.24) is 10.3 Å². The molecule has 0 fully saturated rings. The number of hydrogen-bond donors (Lipinski definition) is 2. The molecule has 5 rings (SSSR count). The summed E-state index contributed by atoms with van der Waals surface area (Å²) in [5.74, 6) is 1.58. The number of nitrogens with zero attached hydrogens (tertiary/aromatic N) is 1. The Hall–Kier alpha value is -3.73. The van der Waals surface area contributed by atoms with E-state index < -0.39 is 10.0 Å². The number of carbonyl (C=O) groups excluding carboxylic acids is 1. The molecule has 3 aromatic heterocycles. The molecule has 3 N–H and O–H groups in total. The standard InChI is InChI=1S/C25H21N3O5S2/c1-15-23(25(29)28-11-8-16-2-5-18(6-3-16)35(26,30)31)19-7-4-17(14-22(19)32-15)33-21-9-12-27-20-10-13-34-24(20)21/h2-7,9-10,12-14H,8,11H2,1H3,(H,28,29)(H2,26,30,31). The van der Waals surface area contributed by atoms with Gasteiger partial charge in [0.15, 0.2) is 0 Å². The van der Waals surface area contributed by atoms with Crippen molar-refractivity contribution in [2.45, 2.75) is 18.2 Å². The second-order valence-corrected chi connectivity index (χ2v) is 10.4. The highest BCUT2D eigenvalue weighted by Gasteiger charge is 2.19. The van der Waals surface area contributed by atoms with Gasteiger partial charge in [-0.2, -0.15) is 0 Å². The number of hydrogen-bond acceptors (Lipinski definition) is 7. The van der Waals surface area contributed by atoms with Crippen LogP contribution < -0.4 is 15.2 Å². The van der Waals surface area contributed by atoms with Gasteiger partial charge in [-0.05, 0) is 54.6 Å². The van der Waals surface area contributed by atoms with Crippen LogP contribution in [-0.2, 0) is 16.4 Å². The number of benzene rings is 2. The maximum absolute atomic E-state index is 12.9. The van der Waals surface area contributed by atoms with Crippen molar-refractivity contribution in [2.75, 3.05) is 6.54 Å². The van der Waals surface area contributed by atoms with E-state index in [1.807, 2.05) is 23.6 Å². The summed E-state index contributed by atoms with van der Waals surface area (Å²) in [5.41, 5.74) is 2.78. The molecule has 0 bridgehead atoms. The summed E-state index contributed by atoms with van der Waals surface area (Å²) in [7, 11) is -3.73. The van der Waals surface area contributed by atoms with Crippen LogP contribution in [0.25, 0.3) is 21.2 Å². The van der Waals surface area contributed by atoms with Crippen molar-refractivity contribution in [3.05, 3.63) is 83.1 Å². The largest absolute Gasteiger partial charge is 0.460 e. The number of nitrogens with two attached hydrogens (primary N) is 1. The highest BCUT2D eigenvalue weighted by Crippen LogP contribution is 2.35. The van der Waals surface area contributed by atoms with E-state index in [1.54, 1.807) is 48.7 Å². The molecule has 0 aliphatic carbocycles. The number of furan rings is 1. The summed E-state index contributed by atoms with van der Waals surface area (Å²) in [6.45, 7) is 2.12. The molecule has 178 valence electrons. The lowest BCUT2D eigenvalue weighted by Crippen LogP contribution is -2.26. The number of thiophene rings is 1. The van der Waals surface area contributed by atoms with E-state index >= 15 is 0 Å². The first-order valence-electron chi connectivity index (χ1n) is 10.7. The number of rotatable bonds is 7. The number of pyridine rings is 1. The maximum atomic E-state index is 12.9. The smallest absolute Gasteiger partial charge is 0.255 e. The third kappa shape index (κ3) is 4.76. The van der Waals surface area contributed by atoms with E-state index in [-0.39, 0.29) is 10.8 Å². The lowest BCUT2D eigenvalue weighted by Gasteiger charge is -2.07. The molecular weight excluding hydrogens is 486 g/mol. The number of sulfonamides is 1. The van der Waals surface area contributed by atoms with Crippen molar-refractivity contribution in [1.29, 1.82) is 0 Å². The van der Waals surface area contributed by atoms with E-state index in [9.17, 15) is 13.2 Å². The Balaban J connectivity index is 1.29. The van der Waals surface area contributed by atoms with Gasteiger partial charge in [-0.3, -0.25) is 9.78 Å². The van der Waals surface area contributed by atoms with Crippen LogP contribution in [0.1, 0.15) is 21.7 Å². The summed E-state index contributed by atoms with van der Waals surface area (Å²) in [6, 6.07) is 15.4. The minimum Gasteiger partial charge on any atom is -0.460 e. The Morgan fingerprint density at radius 2 is 1.94 bits per heavy atom. The molecule has 8 nitrogen and oxygen atoms in total. The van der Waals surface area contributed by atoms with Crippen molar-refractivity contribution >= 4 is 48.5 Å². The zero-order valence-electron chi connectivity index (χ0n) is 18.6. The van der Waals surface area contributed by atoms with Gasteiger partial charge in [0.1, 0.15) is 22.8 Å². The molecular formula is C25H21N3O5S2. The van der Waals surface area contributed by atoms with Crippen LogP contribution in [-0.4, -0.2) is 25.9 Å². The third-order valence-corrected chi connectivity index (χ3v) is 7.40. The minimum atomic E-state index is -3.73. The molecule has 35 heavy (non-hydrogen) atoms. The van der Waals surface area contributed by atoms with Crippen LogP contribution in [0.3, 0.4) is 0 Å². The summed E-state index contributed by atoms with van der Waals surface area (Å²) >= 11 is 1.56. The zero-order chi connectivity index (χ0) is 24.6. The van der Waals surface area contributed by atoms with Crippen LogP contribution in [0.2, 0.25) is 0 Å². The van der Waals surface area contributed by atoms with Gasteiger partial charge in [0.25, 0.3) is 5.91 Å². The molecule has 0 saturated carbocycles. The highest BCUT2D eigenvalue weighted by molar-refractivity contribution is 7.89.